The van der Waals surface area contributed by atoms with Gasteiger partial charge in [-0.3, -0.25) is 0 Å². The minimum Gasteiger partial charge on any atom is -0.497 e. The molecule has 0 aromatic heterocycles. The Morgan fingerprint density at radius 3 is 2.44 bits per heavy atom. The summed E-state index contributed by atoms with van der Waals surface area (Å²) in [4.78, 5) is 0. The van der Waals surface area contributed by atoms with E-state index in [1.807, 2.05) is 24.3 Å². The van der Waals surface area contributed by atoms with Gasteiger partial charge in [0.2, 0.25) is 0 Å². The Morgan fingerprint density at radius 1 is 1.04 bits per heavy atom. The van der Waals surface area contributed by atoms with Gasteiger partial charge in [-0.2, -0.15) is 0 Å². The topological polar surface area (TPSA) is 36.9 Å². The monoisotopic (exact) mass is 346 g/mol. The molecular weight excluding hydrogens is 316 g/mol. The Balaban J connectivity index is 1.50. The molecule has 1 heterocycles. The Bertz CT molecular complexity index is 525. The van der Waals surface area contributed by atoms with Gasteiger partial charge in [-0.15, -0.1) is 0 Å². The van der Waals surface area contributed by atoms with Crippen LogP contribution in [0.25, 0.3) is 0 Å². The summed E-state index contributed by atoms with van der Waals surface area (Å²) in [7, 11) is 1.67. The second-order valence-electron chi connectivity index (χ2n) is 6.81. The molecule has 0 spiro atoms. The predicted molar refractivity (Wildman–Crippen MR) is 97.8 cm³/mol. The highest BCUT2D eigenvalue weighted by atomic mass is 16.7. The van der Waals surface area contributed by atoms with Crippen LogP contribution in [0.1, 0.15) is 51.4 Å². The lowest BCUT2D eigenvalue weighted by Crippen LogP contribution is -2.23. The number of hydrogen-bond acceptors (Lipinski definition) is 4. The predicted octanol–water partition coefficient (Wildman–Crippen LogP) is 5.08. The van der Waals surface area contributed by atoms with Gasteiger partial charge in [0.15, 0.2) is 6.29 Å². The lowest BCUT2D eigenvalue weighted by atomic mass is 10.0. The molecule has 1 saturated heterocycles. The van der Waals surface area contributed by atoms with Crippen molar-refractivity contribution in [1.29, 1.82) is 0 Å². The van der Waals surface area contributed by atoms with E-state index < -0.39 is 0 Å². The summed E-state index contributed by atoms with van der Waals surface area (Å²) in [6.07, 6.45) is 11.5. The van der Waals surface area contributed by atoms with Crippen LogP contribution >= 0.6 is 0 Å². The maximum absolute atomic E-state index is 6.22. The molecule has 1 aliphatic heterocycles. The van der Waals surface area contributed by atoms with Crippen molar-refractivity contribution in [3.8, 4) is 11.5 Å². The molecule has 1 saturated carbocycles. The second-order valence-corrected chi connectivity index (χ2v) is 6.81. The second kappa shape index (κ2) is 9.71. The molecule has 1 aromatic carbocycles. The van der Waals surface area contributed by atoms with Crippen molar-refractivity contribution in [2.24, 2.45) is 5.92 Å². The van der Waals surface area contributed by atoms with Crippen LogP contribution in [0.3, 0.4) is 0 Å². The molecule has 3 rings (SSSR count). The van der Waals surface area contributed by atoms with Gasteiger partial charge in [0.05, 0.1) is 26.1 Å². The SMILES string of the molecule is COc1ccc(OCCC=C(OC2CCCCO2)C2CCCC2)cc1. The van der Waals surface area contributed by atoms with Gasteiger partial charge in [0.25, 0.3) is 0 Å². The van der Waals surface area contributed by atoms with E-state index in [2.05, 4.69) is 6.08 Å². The average Bonchev–Trinajstić information content (AvgIpc) is 3.20. The minimum absolute atomic E-state index is 0.0527. The maximum atomic E-state index is 6.22. The van der Waals surface area contributed by atoms with E-state index in [-0.39, 0.29) is 6.29 Å². The first kappa shape index (κ1) is 18.1. The van der Waals surface area contributed by atoms with Crippen LogP contribution in [0.5, 0.6) is 11.5 Å². The largest absolute Gasteiger partial charge is 0.497 e. The smallest absolute Gasteiger partial charge is 0.199 e. The highest BCUT2D eigenvalue weighted by Gasteiger charge is 2.24. The molecule has 2 aliphatic rings. The van der Waals surface area contributed by atoms with E-state index in [1.165, 1.54) is 32.1 Å². The summed E-state index contributed by atoms with van der Waals surface area (Å²) in [5.41, 5.74) is 0. The van der Waals surface area contributed by atoms with Gasteiger partial charge < -0.3 is 18.9 Å². The van der Waals surface area contributed by atoms with Crippen molar-refractivity contribution >= 4 is 0 Å². The first-order chi connectivity index (χ1) is 12.3. The number of benzene rings is 1. The third-order valence-electron chi connectivity index (χ3n) is 4.95. The molecule has 4 nitrogen and oxygen atoms in total. The van der Waals surface area contributed by atoms with Crippen molar-refractivity contribution in [2.45, 2.75) is 57.7 Å². The summed E-state index contributed by atoms with van der Waals surface area (Å²) in [5, 5.41) is 0. The summed E-state index contributed by atoms with van der Waals surface area (Å²) >= 11 is 0. The van der Waals surface area contributed by atoms with Crippen molar-refractivity contribution in [3.63, 3.8) is 0 Å². The van der Waals surface area contributed by atoms with Crippen LogP contribution in [0.2, 0.25) is 0 Å². The van der Waals surface area contributed by atoms with Gasteiger partial charge >= 0.3 is 0 Å². The molecule has 0 radical (unpaired) electrons. The standard InChI is InChI=1S/C21H30O4/c1-22-18-11-13-19(14-12-18)23-16-6-9-20(17-7-2-3-8-17)25-21-10-4-5-15-24-21/h9,11-14,17,21H,2-8,10,15-16H2,1H3. The van der Waals surface area contributed by atoms with Crippen molar-refractivity contribution in [3.05, 3.63) is 36.1 Å². The third-order valence-corrected chi connectivity index (χ3v) is 4.95. The van der Waals surface area contributed by atoms with E-state index >= 15 is 0 Å². The lowest BCUT2D eigenvalue weighted by Gasteiger charge is -2.27. The highest BCUT2D eigenvalue weighted by Crippen LogP contribution is 2.33. The normalized spacial score (nSPS) is 22.0. The number of ether oxygens (including phenoxy) is 4. The molecule has 4 heteroatoms. The quantitative estimate of drug-likeness (QED) is 0.486. The average molecular weight is 346 g/mol. The van der Waals surface area contributed by atoms with E-state index in [1.54, 1.807) is 7.11 Å². The third kappa shape index (κ3) is 5.67. The fraction of sp³-hybridized carbons (Fsp3) is 0.619. The number of hydrogen-bond donors (Lipinski definition) is 0. The van der Waals surface area contributed by atoms with Gasteiger partial charge in [0.1, 0.15) is 11.5 Å². The van der Waals surface area contributed by atoms with Crippen LogP contribution < -0.4 is 9.47 Å². The molecule has 1 aromatic rings. The molecule has 25 heavy (non-hydrogen) atoms. The van der Waals surface area contributed by atoms with Crippen LogP contribution in [0.15, 0.2) is 36.1 Å². The Kier molecular flexibility index (Phi) is 7.04. The van der Waals surface area contributed by atoms with Crippen LogP contribution in [0, 0.1) is 5.92 Å². The van der Waals surface area contributed by atoms with Gasteiger partial charge in [-0.25, -0.2) is 0 Å². The zero-order chi connectivity index (χ0) is 17.3. The van der Waals surface area contributed by atoms with Gasteiger partial charge in [-0.05, 0) is 56.0 Å². The fourth-order valence-electron chi connectivity index (χ4n) is 3.53. The van der Waals surface area contributed by atoms with Crippen molar-refractivity contribution < 1.29 is 18.9 Å². The first-order valence-electron chi connectivity index (χ1n) is 9.60. The van der Waals surface area contributed by atoms with Crippen LogP contribution in [-0.4, -0.2) is 26.6 Å². The molecule has 138 valence electrons. The molecule has 0 bridgehead atoms. The first-order valence-corrected chi connectivity index (χ1v) is 9.60. The number of rotatable bonds is 8. The minimum atomic E-state index is -0.0527. The van der Waals surface area contributed by atoms with Crippen LogP contribution in [0.4, 0.5) is 0 Å². The van der Waals surface area contributed by atoms with E-state index in [0.29, 0.717) is 12.5 Å². The zero-order valence-corrected chi connectivity index (χ0v) is 15.2. The fourth-order valence-corrected chi connectivity index (χ4v) is 3.53. The molecule has 1 aliphatic carbocycles. The summed E-state index contributed by atoms with van der Waals surface area (Å²) in [6, 6.07) is 7.71. The van der Waals surface area contributed by atoms with E-state index in [4.69, 9.17) is 18.9 Å². The van der Waals surface area contributed by atoms with Crippen molar-refractivity contribution in [2.75, 3.05) is 20.3 Å². The molecule has 1 unspecified atom stereocenters. The molecule has 2 fully saturated rings. The van der Waals surface area contributed by atoms with E-state index in [0.717, 1.165) is 43.1 Å². The molecule has 1 atom stereocenters. The Hall–Kier alpha value is -1.68. The summed E-state index contributed by atoms with van der Waals surface area (Å²) in [6.45, 7) is 1.47. The highest BCUT2D eigenvalue weighted by molar-refractivity contribution is 5.31. The number of methoxy groups -OCH3 is 1. The van der Waals surface area contributed by atoms with Gasteiger partial charge in [0, 0.05) is 18.8 Å². The zero-order valence-electron chi connectivity index (χ0n) is 15.2. The number of allylic oxidation sites excluding steroid dienone is 1. The van der Waals surface area contributed by atoms with Crippen molar-refractivity contribution in [1.82, 2.24) is 0 Å². The Labute approximate surface area is 151 Å². The van der Waals surface area contributed by atoms with Crippen LogP contribution in [-0.2, 0) is 9.47 Å². The molecule has 0 N–H and O–H groups in total. The van der Waals surface area contributed by atoms with E-state index in [9.17, 15) is 0 Å². The summed E-state index contributed by atoms with van der Waals surface area (Å²) < 4.78 is 23.0. The Morgan fingerprint density at radius 2 is 1.76 bits per heavy atom. The van der Waals surface area contributed by atoms with Gasteiger partial charge in [-0.1, -0.05) is 12.8 Å². The molecular formula is C21H30O4. The lowest BCUT2D eigenvalue weighted by molar-refractivity contribution is -0.144. The maximum Gasteiger partial charge on any atom is 0.199 e. The molecule has 0 amide bonds. The summed E-state index contributed by atoms with van der Waals surface area (Å²) in [5.74, 6) is 3.40.